The molecular formula is C13H16F3N3O. The van der Waals surface area contributed by atoms with Gasteiger partial charge in [0.2, 0.25) is 5.91 Å². The summed E-state index contributed by atoms with van der Waals surface area (Å²) < 4.78 is 38.2. The SMILES string of the molecule is CCCC(=O)NCc1ccc(C(F)(F)F)c(C(=N)N)c1. The van der Waals surface area contributed by atoms with Gasteiger partial charge in [0.1, 0.15) is 5.84 Å². The fraction of sp³-hybridized carbons (Fsp3) is 0.385. The summed E-state index contributed by atoms with van der Waals surface area (Å²) in [5.41, 5.74) is 4.32. The number of benzene rings is 1. The summed E-state index contributed by atoms with van der Waals surface area (Å²) in [5, 5.41) is 9.82. The zero-order valence-corrected chi connectivity index (χ0v) is 11.0. The minimum atomic E-state index is -4.56. The predicted octanol–water partition coefficient (Wildman–Crippen LogP) is 2.41. The van der Waals surface area contributed by atoms with Crippen LogP contribution in [0.4, 0.5) is 13.2 Å². The number of carbonyl (C=O) groups excluding carboxylic acids is 1. The van der Waals surface area contributed by atoms with E-state index in [4.69, 9.17) is 11.1 Å². The number of carbonyl (C=O) groups is 1. The molecular weight excluding hydrogens is 271 g/mol. The molecule has 0 saturated carbocycles. The second-order valence-corrected chi connectivity index (χ2v) is 4.32. The number of alkyl halides is 3. The number of nitrogens with one attached hydrogen (secondary N) is 2. The average molecular weight is 287 g/mol. The summed E-state index contributed by atoms with van der Waals surface area (Å²) in [6.07, 6.45) is -3.51. The van der Waals surface area contributed by atoms with Crippen molar-refractivity contribution in [2.24, 2.45) is 5.73 Å². The van der Waals surface area contributed by atoms with Gasteiger partial charge in [0, 0.05) is 18.5 Å². The third kappa shape index (κ3) is 4.25. The van der Waals surface area contributed by atoms with E-state index in [2.05, 4.69) is 5.32 Å². The zero-order valence-electron chi connectivity index (χ0n) is 11.0. The van der Waals surface area contributed by atoms with E-state index in [9.17, 15) is 18.0 Å². The van der Waals surface area contributed by atoms with Gasteiger partial charge in [-0.25, -0.2) is 0 Å². The van der Waals surface area contributed by atoms with Gasteiger partial charge < -0.3 is 11.1 Å². The molecule has 0 aliphatic rings. The average Bonchev–Trinajstić information content (AvgIpc) is 2.35. The standard InChI is InChI=1S/C13H16F3N3O/c1-2-3-11(20)19-7-8-4-5-10(13(14,15)16)9(6-8)12(17)18/h4-6H,2-3,7H2,1H3,(H3,17,18)(H,19,20). The second-order valence-electron chi connectivity index (χ2n) is 4.32. The largest absolute Gasteiger partial charge is 0.417 e. The van der Waals surface area contributed by atoms with Crippen LogP contribution in [0, 0.1) is 5.41 Å². The molecule has 0 saturated heterocycles. The number of nitrogens with two attached hydrogens (primary N) is 1. The molecule has 0 heterocycles. The van der Waals surface area contributed by atoms with Gasteiger partial charge in [-0.2, -0.15) is 13.2 Å². The quantitative estimate of drug-likeness (QED) is 0.574. The lowest BCUT2D eigenvalue weighted by molar-refractivity contribution is -0.137. The molecule has 0 aromatic heterocycles. The lowest BCUT2D eigenvalue weighted by Crippen LogP contribution is -2.23. The summed E-state index contributed by atoms with van der Waals surface area (Å²) in [6.45, 7) is 1.96. The first kappa shape index (κ1) is 16.0. The predicted molar refractivity (Wildman–Crippen MR) is 69.2 cm³/mol. The van der Waals surface area contributed by atoms with E-state index in [1.54, 1.807) is 0 Å². The summed E-state index contributed by atoms with van der Waals surface area (Å²) in [6, 6.07) is 3.32. The molecule has 20 heavy (non-hydrogen) atoms. The highest BCUT2D eigenvalue weighted by atomic mass is 19.4. The van der Waals surface area contributed by atoms with Gasteiger partial charge in [0.15, 0.2) is 0 Å². The first-order valence-electron chi connectivity index (χ1n) is 6.07. The van der Waals surface area contributed by atoms with E-state index in [0.717, 1.165) is 6.07 Å². The maximum absolute atomic E-state index is 12.7. The maximum atomic E-state index is 12.7. The van der Waals surface area contributed by atoms with Crippen molar-refractivity contribution >= 4 is 11.7 Å². The van der Waals surface area contributed by atoms with E-state index in [-0.39, 0.29) is 18.0 Å². The topological polar surface area (TPSA) is 79.0 Å². The zero-order chi connectivity index (χ0) is 15.3. The third-order valence-corrected chi connectivity index (χ3v) is 2.65. The maximum Gasteiger partial charge on any atom is 0.417 e. The van der Waals surface area contributed by atoms with Crippen molar-refractivity contribution in [1.29, 1.82) is 5.41 Å². The van der Waals surface area contributed by atoms with E-state index >= 15 is 0 Å². The highest BCUT2D eigenvalue weighted by Crippen LogP contribution is 2.32. The number of rotatable bonds is 5. The molecule has 0 bridgehead atoms. The van der Waals surface area contributed by atoms with Crippen LogP contribution in [0.3, 0.4) is 0 Å². The molecule has 1 amide bonds. The Hall–Kier alpha value is -2.05. The molecule has 1 aromatic rings. The first-order valence-corrected chi connectivity index (χ1v) is 6.07. The molecule has 110 valence electrons. The Balaban J connectivity index is 2.94. The molecule has 0 radical (unpaired) electrons. The molecule has 0 fully saturated rings. The normalized spacial score (nSPS) is 11.2. The summed E-state index contributed by atoms with van der Waals surface area (Å²) in [5.74, 6) is -0.823. The smallest absolute Gasteiger partial charge is 0.384 e. The van der Waals surface area contributed by atoms with Crippen molar-refractivity contribution in [3.05, 3.63) is 34.9 Å². The molecule has 0 unspecified atom stereocenters. The summed E-state index contributed by atoms with van der Waals surface area (Å²) in [7, 11) is 0. The molecule has 0 aliphatic heterocycles. The lowest BCUT2D eigenvalue weighted by atomic mass is 10.0. The molecule has 1 rings (SSSR count). The minimum absolute atomic E-state index is 0.108. The van der Waals surface area contributed by atoms with Crippen LogP contribution in [0.25, 0.3) is 0 Å². The Bertz CT molecular complexity index is 512. The number of nitrogen functional groups attached to an aromatic ring is 1. The Kier molecular flexibility index (Phi) is 5.12. The molecule has 0 aliphatic carbocycles. The summed E-state index contributed by atoms with van der Waals surface area (Å²) >= 11 is 0. The Morgan fingerprint density at radius 1 is 1.40 bits per heavy atom. The molecule has 0 atom stereocenters. The number of amidine groups is 1. The van der Waals surface area contributed by atoms with Crippen molar-refractivity contribution in [1.82, 2.24) is 5.32 Å². The van der Waals surface area contributed by atoms with Gasteiger partial charge in [-0.15, -0.1) is 0 Å². The molecule has 4 N–H and O–H groups in total. The van der Waals surface area contributed by atoms with Crippen LogP contribution >= 0.6 is 0 Å². The van der Waals surface area contributed by atoms with Gasteiger partial charge >= 0.3 is 6.18 Å². The fourth-order valence-electron chi connectivity index (χ4n) is 1.69. The van der Waals surface area contributed by atoms with Crippen LogP contribution in [0.2, 0.25) is 0 Å². The van der Waals surface area contributed by atoms with Gasteiger partial charge in [0.05, 0.1) is 5.56 Å². The van der Waals surface area contributed by atoms with Crippen LogP contribution in [0.1, 0.15) is 36.5 Å². The number of halogens is 3. The van der Waals surface area contributed by atoms with Crippen LogP contribution < -0.4 is 11.1 Å². The van der Waals surface area contributed by atoms with Crippen LogP contribution in [-0.4, -0.2) is 11.7 Å². The number of amides is 1. The molecule has 1 aromatic carbocycles. The molecule has 7 heteroatoms. The third-order valence-electron chi connectivity index (χ3n) is 2.65. The fourth-order valence-corrected chi connectivity index (χ4v) is 1.69. The van der Waals surface area contributed by atoms with Crippen molar-refractivity contribution in [3.63, 3.8) is 0 Å². The van der Waals surface area contributed by atoms with Gasteiger partial charge in [-0.05, 0) is 24.1 Å². The van der Waals surface area contributed by atoms with Crippen LogP contribution in [0.15, 0.2) is 18.2 Å². The number of hydrogen-bond acceptors (Lipinski definition) is 2. The van der Waals surface area contributed by atoms with Crippen LogP contribution in [-0.2, 0) is 17.5 Å². The molecule has 4 nitrogen and oxygen atoms in total. The van der Waals surface area contributed by atoms with Crippen molar-refractivity contribution in [3.8, 4) is 0 Å². The van der Waals surface area contributed by atoms with Crippen molar-refractivity contribution in [2.45, 2.75) is 32.5 Å². The van der Waals surface area contributed by atoms with Gasteiger partial charge in [-0.1, -0.05) is 13.0 Å². The minimum Gasteiger partial charge on any atom is -0.384 e. The van der Waals surface area contributed by atoms with E-state index < -0.39 is 17.6 Å². The second kappa shape index (κ2) is 6.40. The summed E-state index contributed by atoms with van der Waals surface area (Å²) in [4.78, 5) is 11.3. The Morgan fingerprint density at radius 2 is 2.05 bits per heavy atom. The van der Waals surface area contributed by atoms with Gasteiger partial charge in [-0.3, -0.25) is 10.2 Å². The van der Waals surface area contributed by atoms with Crippen molar-refractivity contribution in [2.75, 3.05) is 0 Å². The first-order chi connectivity index (χ1) is 9.25. The highest BCUT2D eigenvalue weighted by Gasteiger charge is 2.34. The molecule has 0 spiro atoms. The Morgan fingerprint density at radius 3 is 2.55 bits per heavy atom. The van der Waals surface area contributed by atoms with Crippen molar-refractivity contribution < 1.29 is 18.0 Å². The highest BCUT2D eigenvalue weighted by molar-refractivity contribution is 5.96. The Labute approximate surface area is 114 Å². The van der Waals surface area contributed by atoms with Crippen LogP contribution in [0.5, 0.6) is 0 Å². The van der Waals surface area contributed by atoms with E-state index in [1.807, 2.05) is 6.92 Å². The van der Waals surface area contributed by atoms with Gasteiger partial charge in [0.25, 0.3) is 0 Å². The van der Waals surface area contributed by atoms with E-state index in [1.165, 1.54) is 12.1 Å². The lowest BCUT2D eigenvalue weighted by Gasteiger charge is -2.13. The monoisotopic (exact) mass is 287 g/mol. The van der Waals surface area contributed by atoms with E-state index in [0.29, 0.717) is 18.4 Å². The number of hydrogen-bond donors (Lipinski definition) is 3.